The van der Waals surface area contributed by atoms with Gasteiger partial charge in [0.1, 0.15) is 5.82 Å². The number of likely N-dealkylation sites (tertiary alicyclic amines) is 1. The molecule has 0 spiro atoms. The highest BCUT2D eigenvalue weighted by Crippen LogP contribution is 2.18. The van der Waals surface area contributed by atoms with Gasteiger partial charge in [0, 0.05) is 36.9 Å². The number of aromatic nitrogens is 1. The zero-order chi connectivity index (χ0) is 15.4. The monoisotopic (exact) mass is 290 g/mol. The van der Waals surface area contributed by atoms with Gasteiger partial charge in [0.05, 0.1) is 0 Å². The standard InChI is InChI=1S/C16H26N4O/c1-5-17-15-10-13(9-12(2)18-15)16(21)20-8-6-7-14(11-20)19(3)4/h9-10,14H,5-8,11H2,1-4H3,(H,17,18). The zero-order valence-electron chi connectivity index (χ0n) is 13.5. The number of piperidine rings is 1. The molecule has 0 saturated carbocycles. The molecule has 1 unspecified atom stereocenters. The van der Waals surface area contributed by atoms with Crippen LogP contribution in [0.25, 0.3) is 0 Å². The largest absolute Gasteiger partial charge is 0.370 e. The molecule has 1 N–H and O–H groups in total. The van der Waals surface area contributed by atoms with Crippen molar-refractivity contribution < 1.29 is 4.79 Å². The maximum atomic E-state index is 12.7. The first-order valence-electron chi connectivity index (χ1n) is 7.69. The molecule has 5 heteroatoms. The van der Waals surface area contributed by atoms with Crippen LogP contribution in [0.4, 0.5) is 5.82 Å². The molecule has 1 aliphatic rings. The lowest BCUT2D eigenvalue weighted by molar-refractivity contribution is 0.0635. The number of rotatable bonds is 4. The maximum absolute atomic E-state index is 12.7. The number of pyridine rings is 1. The van der Waals surface area contributed by atoms with Crippen molar-refractivity contribution in [3.8, 4) is 0 Å². The molecule has 1 aromatic rings. The van der Waals surface area contributed by atoms with Gasteiger partial charge in [0.25, 0.3) is 5.91 Å². The smallest absolute Gasteiger partial charge is 0.254 e. The van der Waals surface area contributed by atoms with E-state index < -0.39 is 0 Å². The summed E-state index contributed by atoms with van der Waals surface area (Å²) in [4.78, 5) is 21.3. The molecule has 5 nitrogen and oxygen atoms in total. The molecule has 1 saturated heterocycles. The highest BCUT2D eigenvalue weighted by atomic mass is 16.2. The quantitative estimate of drug-likeness (QED) is 0.921. The predicted octanol–water partition coefficient (Wildman–Crippen LogP) is 1.99. The van der Waals surface area contributed by atoms with Crippen LogP contribution in [0.1, 0.15) is 35.8 Å². The predicted molar refractivity (Wildman–Crippen MR) is 85.8 cm³/mol. The van der Waals surface area contributed by atoms with Crippen molar-refractivity contribution in [2.75, 3.05) is 39.0 Å². The molecule has 0 bridgehead atoms. The van der Waals surface area contributed by atoms with E-state index in [4.69, 9.17) is 0 Å². The van der Waals surface area contributed by atoms with Crippen LogP contribution in [0.5, 0.6) is 0 Å². The van der Waals surface area contributed by atoms with Crippen molar-refractivity contribution in [3.63, 3.8) is 0 Å². The minimum atomic E-state index is 0.117. The number of carbonyl (C=O) groups is 1. The molecule has 0 aromatic carbocycles. The Morgan fingerprint density at radius 3 is 2.90 bits per heavy atom. The first kappa shape index (κ1) is 15.8. The zero-order valence-corrected chi connectivity index (χ0v) is 13.5. The normalized spacial score (nSPS) is 18.9. The molecule has 21 heavy (non-hydrogen) atoms. The first-order chi connectivity index (χ1) is 10.0. The van der Waals surface area contributed by atoms with Gasteiger partial charge in [0.15, 0.2) is 0 Å². The Bertz CT molecular complexity index is 501. The van der Waals surface area contributed by atoms with Gasteiger partial charge in [-0.05, 0) is 52.9 Å². The Morgan fingerprint density at radius 2 is 2.24 bits per heavy atom. The third kappa shape index (κ3) is 3.94. The minimum Gasteiger partial charge on any atom is -0.370 e. The van der Waals surface area contributed by atoms with Crippen LogP contribution in [-0.2, 0) is 0 Å². The Labute approximate surface area is 127 Å². The van der Waals surface area contributed by atoms with E-state index in [-0.39, 0.29) is 5.91 Å². The highest BCUT2D eigenvalue weighted by Gasteiger charge is 2.25. The lowest BCUT2D eigenvalue weighted by atomic mass is 10.0. The van der Waals surface area contributed by atoms with Crippen LogP contribution in [0.15, 0.2) is 12.1 Å². The van der Waals surface area contributed by atoms with Gasteiger partial charge in [-0.25, -0.2) is 4.98 Å². The van der Waals surface area contributed by atoms with E-state index in [2.05, 4.69) is 29.3 Å². The average Bonchev–Trinajstić information content (AvgIpc) is 2.46. The van der Waals surface area contributed by atoms with Crippen LogP contribution in [0, 0.1) is 6.92 Å². The minimum absolute atomic E-state index is 0.117. The van der Waals surface area contributed by atoms with Gasteiger partial charge in [-0.2, -0.15) is 0 Å². The number of hydrogen-bond acceptors (Lipinski definition) is 4. The van der Waals surface area contributed by atoms with Crippen LogP contribution in [0.2, 0.25) is 0 Å². The molecule has 1 atom stereocenters. The summed E-state index contributed by atoms with van der Waals surface area (Å²) in [6, 6.07) is 4.19. The third-order valence-electron chi connectivity index (χ3n) is 3.97. The summed E-state index contributed by atoms with van der Waals surface area (Å²) < 4.78 is 0. The van der Waals surface area contributed by atoms with E-state index in [9.17, 15) is 4.79 Å². The van der Waals surface area contributed by atoms with Gasteiger partial charge in [-0.15, -0.1) is 0 Å². The number of aryl methyl sites for hydroxylation is 1. The van der Waals surface area contributed by atoms with Crippen LogP contribution in [-0.4, -0.2) is 60.5 Å². The Hall–Kier alpha value is -1.62. The van der Waals surface area contributed by atoms with Crippen LogP contribution in [0.3, 0.4) is 0 Å². The number of amides is 1. The summed E-state index contributed by atoms with van der Waals surface area (Å²) in [5, 5.41) is 3.18. The molecule has 0 aliphatic carbocycles. The van der Waals surface area contributed by atoms with Crippen molar-refractivity contribution in [3.05, 3.63) is 23.4 Å². The molecular weight excluding hydrogens is 264 g/mol. The molecule has 2 rings (SSSR count). The lowest BCUT2D eigenvalue weighted by Gasteiger charge is -2.36. The molecule has 2 heterocycles. The number of likely N-dealkylation sites (N-methyl/N-ethyl adjacent to an activating group) is 1. The fourth-order valence-electron chi connectivity index (χ4n) is 2.81. The summed E-state index contributed by atoms with van der Waals surface area (Å²) >= 11 is 0. The van der Waals surface area contributed by atoms with Gasteiger partial charge in [-0.3, -0.25) is 4.79 Å². The van der Waals surface area contributed by atoms with Gasteiger partial charge in [-0.1, -0.05) is 0 Å². The fourth-order valence-corrected chi connectivity index (χ4v) is 2.81. The second-order valence-electron chi connectivity index (χ2n) is 5.92. The molecule has 1 fully saturated rings. The van der Waals surface area contributed by atoms with Crippen molar-refractivity contribution in [1.82, 2.24) is 14.8 Å². The molecule has 116 valence electrons. The average molecular weight is 290 g/mol. The number of anilines is 1. The summed E-state index contributed by atoms with van der Waals surface area (Å²) in [6.07, 6.45) is 2.23. The van der Waals surface area contributed by atoms with E-state index in [1.165, 1.54) is 0 Å². The first-order valence-corrected chi connectivity index (χ1v) is 7.69. The number of hydrogen-bond donors (Lipinski definition) is 1. The van der Waals surface area contributed by atoms with Crippen molar-refractivity contribution in [2.24, 2.45) is 0 Å². The summed E-state index contributed by atoms with van der Waals surface area (Å²) in [6.45, 7) is 6.41. The molecule has 1 aliphatic heterocycles. The molecule has 0 radical (unpaired) electrons. The molecule has 1 aromatic heterocycles. The Morgan fingerprint density at radius 1 is 1.48 bits per heavy atom. The number of nitrogens with one attached hydrogen (secondary N) is 1. The second-order valence-corrected chi connectivity index (χ2v) is 5.92. The highest BCUT2D eigenvalue weighted by molar-refractivity contribution is 5.95. The summed E-state index contributed by atoms with van der Waals surface area (Å²) in [7, 11) is 4.16. The molecular formula is C16H26N4O. The van der Waals surface area contributed by atoms with Crippen molar-refractivity contribution in [1.29, 1.82) is 0 Å². The van der Waals surface area contributed by atoms with E-state index in [1.807, 2.05) is 30.9 Å². The van der Waals surface area contributed by atoms with Crippen molar-refractivity contribution in [2.45, 2.75) is 32.7 Å². The van der Waals surface area contributed by atoms with E-state index >= 15 is 0 Å². The van der Waals surface area contributed by atoms with Gasteiger partial charge < -0.3 is 15.1 Å². The second kappa shape index (κ2) is 6.89. The van der Waals surface area contributed by atoms with E-state index in [0.29, 0.717) is 6.04 Å². The topological polar surface area (TPSA) is 48.5 Å². The Balaban J connectivity index is 2.15. The fraction of sp³-hybridized carbons (Fsp3) is 0.625. The van der Waals surface area contributed by atoms with E-state index in [1.54, 1.807) is 0 Å². The SMILES string of the molecule is CCNc1cc(C(=O)N2CCCC(N(C)C)C2)cc(C)n1. The van der Waals surface area contributed by atoms with Crippen molar-refractivity contribution >= 4 is 11.7 Å². The van der Waals surface area contributed by atoms with Gasteiger partial charge in [0.2, 0.25) is 0 Å². The van der Waals surface area contributed by atoms with Crippen LogP contribution < -0.4 is 5.32 Å². The number of nitrogens with zero attached hydrogens (tertiary/aromatic N) is 3. The third-order valence-corrected chi connectivity index (χ3v) is 3.97. The van der Waals surface area contributed by atoms with Crippen LogP contribution >= 0.6 is 0 Å². The lowest BCUT2D eigenvalue weighted by Crippen LogP contribution is -2.47. The molecule has 1 amide bonds. The number of carbonyl (C=O) groups excluding carboxylic acids is 1. The Kier molecular flexibility index (Phi) is 5.17. The summed E-state index contributed by atoms with van der Waals surface area (Å²) in [5.41, 5.74) is 1.61. The summed E-state index contributed by atoms with van der Waals surface area (Å²) in [5.74, 6) is 0.897. The van der Waals surface area contributed by atoms with Gasteiger partial charge >= 0.3 is 0 Å². The maximum Gasteiger partial charge on any atom is 0.254 e. The van der Waals surface area contributed by atoms with E-state index in [0.717, 1.165) is 49.6 Å².